The molecule has 1 aliphatic carbocycles. The largest absolute Gasteiger partial charge is 0.379 e. The quantitative estimate of drug-likeness (QED) is 0.602. The van der Waals surface area contributed by atoms with Crippen molar-refractivity contribution in [3.05, 3.63) is 48.0 Å². The van der Waals surface area contributed by atoms with Crippen molar-refractivity contribution in [2.45, 2.75) is 25.3 Å². The highest BCUT2D eigenvalue weighted by molar-refractivity contribution is 5.72. The fourth-order valence-electron chi connectivity index (χ4n) is 3.79. The number of ether oxygens (including phenoxy) is 1. The molecule has 8 heteroatoms. The number of nitrogens with one attached hydrogen (secondary N) is 2. The molecule has 0 spiro atoms. The molecule has 0 unspecified atom stereocenters. The van der Waals surface area contributed by atoms with Crippen LogP contribution in [0.4, 0.5) is 17.2 Å². The Labute approximate surface area is 168 Å². The van der Waals surface area contributed by atoms with E-state index in [2.05, 4.69) is 43.4 Å². The number of hydrogen-bond acceptors (Lipinski definition) is 6. The van der Waals surface area contributed by atoms with Crippen molar-refractivity contribution in [1.29, 1.82) is 0 Å². The van der Waals surface area contributed by atoms with E-state index < -0.39 is 0 Å². The lowest BCUT2D eigenvalue weighted by atomic mass is 10.1. The summed E-state index contributed by atoms with van der Waals surface area (Å²) in [6, 6.07) is 5.99. The number of morpholine rings is 1. The van der Waals surface area contributed by atoms with Gasteiger partial charge in [-0.05, 0) is 36.5 Å². The van der Waals surface area contributed by atoms with Crippen molar-refractivity contribution in [2.24, 2.45) is 0 Å². The van der Waals surface area contributed by atoms with E-state index >= 15 is 0 Å². The Kier molecular flexibility index (Phi) is 4.77. The van der Waals surface area contributed by atoms with Gasteiger partial charge < -0.3 is 24.7 Å². The maximum atomic E-state index is 10.6. The highest BCUT2D eigenvalue weighted by Gasteiger charge is 2.26. The summed E-state index contributed by atoms with van der Waals surface area (Å²) in [6.07, 6.45) is 9.16. The van der Waals surface area contributed by atoms with Crippen LogP contribution in [0, 0.1) is 0 Å². The average molecular weight is 392 g/mol. The molecule has 0 bridgehead atoms. The van der Waals surface area contributed by atoms with Gasteiger partial charge in [-0.1, -0.05) is 0 Å². The molecule has 0 aromatic carbocycles. The van der Waals surface area contributed by atoms with Gasteiger partial charge in [0, 0.05) is 43.4 Å². The number of carbonyl (C=O) groups is 1. The first-order valence-corrected chi connectivity index (χ1v) is 10.0. The van der Waals surface area contributed by atoms with E-state index in [1.807, 2.05) is 6.07 Å². The second-order valence-electron chi connectivity index (χ2n) is 7.54. The fourth-order valence-corrected chi connectivity index (χ4v) is 3.79. The summed E-state index contributed by atoms with van der Waals surface area (Å²) in [5, 5.41) is 5.93. The topological polar surface area (TPSA) is 83.8 Å². The van der Waals surface area contributed by atoms with Gasteiger partial charge in [-0.25, -0.2) is 9.97 Å². The fraction of sp³-hybridized carbons (Fsp3) is 0.381. The molecular weight excluding hydrogens is 368 g/mol. The standard InChI is InChI=1S/C21H24N6O2/c28-14-24-20-10-17(3-4-22-20)23-11-18-13-27-12-16(15-1-2-15)9-19(21(27)25-18)26-5-7-29-8-6-26/h3-4,9-10,12-15H,1-2,5-8,11H2,(H2,22,23,24,28). The molecule has 29 heavy (non-hydrogen) atoms. The van der Waals surface area contributed by atoms with Gasteiger partial charge in [-0.15, -0.1) is 0 Å². The second kappa shape index (κ2) is 7.71. The number of amides is 1. The van der Waals surface area contributed by atoms with Crippen LogP contribution in [0.2, 0.25) is 0 Å². The van der Waals surface area contributed by atoms with E-state index in [0.29, 0.717) is 24.7 Å². The van der Waals surface area contributed by atoms with Crippen LogP contribution in [0.3, 0.4) is 0 Å². The first kappa shape index (κ1) is 17.9. The molecule has 1 saturated carbocycles. The summed E-state index contributed by atoms with van der Waals surface area (Å²) >= 11 is 0. The van der Waals surface area contributed by atoms with Crippen LogP contribution in [-0.4, -0.2) is 47.1 Å². The monoisotopic (exact) mass is 392 g/mol. The Balaban J connectivity index is 1.41. The van der Waals surface area contributed by atoms with Gasteiger partial charge in [0.2, 0.25) is 6.41 Å². The Morgan fingerprint density at radius 1 is 1.21 bits per heavy atom. The SMILES string of the molecule is O=CNc1cc(NCc2cn3cc(C4CC4)cc(N4CCOCC4)c3n2)ccn1. The van der Waals surface area contributed by atoms with E-state index in [4.69, 9.17) is 9.72 Å². The lowest BCUT2D eigenvalue weighted by Crippen LogP contribution is -2.36. The van der Waals surface area contributed by atoms with Crippen molar-refractivity contribution in [1.82, 2.24) is 14.4 Å². The number of pyridine rings is 2. The highest BCUT2D eigenvalue weighted by Crippen LogP contribution is 2.41. The first-order valence-electron chi connectivity index (χ1n) is 10.0. The third-order valence-electron chi connectivity index (χ3n) is 5.44. The van der Waals surface area contributed by atoms with Gasteiger partial charge in [0.1, 0.15) is 5.82 Å². The molecule has 1 amide bonds. The second-order valence-corrected chi connectivity index (χ2v) is 7.54. The maximum Gasteiger partial charge on any atom is 0.212 e. The molecule has 0 radical (unpaired) electrons. The molecule has 2 fully saturated rings. The van der Waals surface area contributed by atoms with Crippen molar-refractivity contribution in [2.75, 3.05) is 41.8 Å². The van der Waals surface area contributed by atoms with E-state index in [0.717, 1.165) is 43.3 Å². The lowest BCUT2D eigenvalue weighted by Gasteiger charge is -2.29. The Morgan fingerprint density at radius 2 is 2.07 bits per heavy atom. The van der Waals surface area contributed by atoms with Gasteiger partial charge in [0.25, 0.3) is 0 Å². The zero-order valence-corrected chi connectivity index (χ0v) is 16.2. The van der Waals surface area contributed by atoms with Gasteiger partial charge >= 0.3 is 0 Å². The average Bonchev–Trinajstić information content (AvgIpc) is 3.52. The van der Waals surface area contributed by atoms with Crippen LogP contribution in [-0.2, 0) is 16.1 Å². The van der Waals surface area contributed by atoms with Crippen LogP contribution >= 0.6 is 0 Å². The van der Waals surface area contributed by atoms with Crippen molar-refractivity contribution in [3.63, 3.8) is 0 Å². The van der Waals surface area contributed by atoms with Crippen LogP contribution in [0.5, 0.6) is 0 Å². The molecule has 2 N–H and O–H groups in total. The Bertz CT molecular complexity index is 1020. The molecule has 5 rings (SSSR count). The predicted octanol–water partition coefficient (Wildman–Crippen LogP) is 2.62. The van der Waals surface area contributed by atoms with E-state index in [9.17, 15) is 4.79 Å². The van der Waals surface area contributed by atoms with Crippen LogP contribution in [0.25, 0.3) is 5.65 Å². The summed E-state index contributed by atoms with van der Waals surface area (Å²) in [7, 11) is 0. The zero-order chi connectivity index (χ0) is 19.6. The molecule has 3 aromatic heterocycles. The lowest BCUT2D eigenvalue weighted by molar-refractivity contribution is -0.105. The minimum atomic E-state index is 0.517. The Morgan fingerprint density at radius 3 is 2.86 bits per heavy atom. The van der Waals surface area contributed by atoms with E-state index in [1.165, 1.54) is 24.1 Å². The van der Waals surface area contributed by atoms with Crippen molar-refractivity contribution in [3.8, 4) is 0 Å². The molecule has 8 nitrogen and oxygen atoms in total. The third kappa shape index (κ3) is 3.88. The van der Waals surface area contributed by atoms with Crippen molar-refractivity contribution >= 4 is 29.2 Å². The summed E-state index contributed by atoms with van der Waals surface area (Å²) in [5.74, 6) is 1.20. The third-order valence-corrected chi connectivity index (χ3v) is 5.44. The summed E-state index contributed by atoms with van der Waals surface area (Å²) < 4.78 is 7.70. The van der Waals surface area contributed by atoms with Gasteiger partial charge in [0.15, 0.2) is 5.65 Å². The number of carbonyl (C=O) groups excluding carboxylic acids is 1. The molecule has 150 valence electrons. The van der Waals surface area contributed by atoms with Crippen LogP contribution < -0.4 is 15.5 Å². The highest BCUT2D eigenvalue weighted by atomic mass is 16.5. The first-order chi connectivity index (χ1) is 14.3. The molecule has 3 aromatic rings. The zero-order valence-electron chi connectivity index (χ0n) is 16.2. The Hall–Kier alpha value is -3.13. The number of imidazole rings is 1. The number of hydrogen-bond donors (Lipinski definition) is 2. The van der Waals surface area contributed by atoms with Crippen LogP contribution in [0.1, 0.15) is 30.0 Å². The molecule has 1 aliphatic heterocycles. The number of nitrogens with zero attached hydrogens (tertiary/aromatic N) is 4. The normalized spacial score (nSPS) is 16.8. The minimum Gasteiger partial charge on any atom is -0.379 e. The molecular formula is C21H24N6O2. The van der Waals surface area contributed by atoms with Crippen LogP contribution in [0.15, 0.2) is 36.8 Å². The molecule has 1 saturated heterocycles. The number of aromatic nitrogens is 3. The van der Waals surface area contributed by atoms with Gasteiger partial charge in [-0.3, -0.25) is 4.79 Å². The summed E-state index contributed by atoms with van der Waals surface area (Å²) in [5.41, 5.74) is 5.44. The molecule has 0 atom stereocenters. The molecule has 4 heterocycles. The predicted molar refractivity (Wildman–Crippen MR) is 111 cm³/mol. The number of fused-ring (bicyclic) bond motifs is 1. The van der Waals surface area contributed by atoms with E-state index in [1.54, 1.807) is 12.3 Å². The summed E-state index contributed by atoms with van der Waals surface area (Å²) in [4.78, 5) is 22.0. The van der Waals surface area contributed by atoms with Gasteiger partial charge in [0.05, 0.1) is 31.1 Å². The van der Waals surface area contributed by atoms with E-state index in [-0.39, 0.29) is 0 Å². The number of anilines is 3. The minimum absolute atomic E-state index is 0.517. The van der Waals surface area contributed by atoms with Crippen molar-refractivity contribution < 1.29 is 9.53 Å². The smallest absolute Gasteiger partial charge is 0.212 e. The number of rotatable bonds is 7. The summed E-state index contributed by atoms with van der Waals surface area (Å²) in [6.45, 7) is 3.90. The van der Waals surface area contributed by atoms with Gasteiger partial charge in [-0.2, -0.15) is 0 Å². The molecule has 2 aliphatic rings. The maximum absolute atomic E-state index is 10.6.